The summed E-state index contributed by atoms with van der Waals surface area (Å²) in [6.07, 6.45) is 0. The maximum atomic E-state index is 11.9. The summed E-state index contributed by atoms with van der Waals surface area (Å²) in [5, 5.41) is 11.4. The third-order valence-electron chi connectivity index (χ3n) is 2.68. The number of carbonyl (C=O) groups is 2. The van der Waals surface area contributed by atoms with E-state index < -0.39 is 5.97 Å². The summed E-state index contributed by atoms with van der Waals surface area (Å²) in [7, 11) is 0. The number of carbonyl (C=O) groups excluding carboxylic acids is 1. The molecular formula is C15H12BrNO3S. The van der Waals surface area contributed by atoms with E-state index in [2.05, 4.69) is 21.2 Å². The van der Waals surface area contributed by atoms with Gasteiger partial charge in [-0.25, -0.2) is 4.79 Å². The first kappa shape index (κ1) is 15.6. The quantitative estimate of drug-likeness (QED) is 0.829. The van der Waals surface area contributed by atoms with Crippen LogP contribution in [0.25, 0.3) is 0 Å². The van der Waals surface area contributed by atoms with Gasteiger partial charge in [-0.2, -0.15) is 0 Å². The van der Waals surface area contributed by atoms with Gasteiger partial charge in [-0.3, -0.25) is 4.79 Å². The topological polar surface area (TPSA) is 66.4 Å². The van der Waals surface area contributed by atoms with Crippen LogP contribution in [-0.4, -0.2) is 16.3 Å². The normalized spacial score (nSPS) is 10.1. The molecule has 6 heteroatoms. The highest BCUT2D eigenvalue weighted by Gasteiger charge is 2.11. The lowest BCUT2D eigenvalue weighted by atomic mass is 10.2. The minimum absolute atomic E-state index is 0.0788. The van der Waals surface area contributed by atoms with Crippen LogP contribution < -0.4 is 5.32 Å². The van der Waals surface area contributed by atoms with E-state index in [0.29, 0.717) is 11.4 Å². The zero-order valence-corrected chi connectivity index (χ0v) is 13.3. The number of hydrogen-bond donors (Lipinski definition) is 2. The number of aromatic carboxylic acids is 1. The Kier molecular flexibility index (Phi) is 5.41. The molecule has 0 fully saturated rings. The van der Waals surface area contributed by atoms with Crippen molar-refractivity contribution in [1.29, 1.82) is 0 Å². The van der Waals surface area contributed by atoms with Gasteiger partial charge in [0.2, 0.25) is 0 Å². The van der Waals surface area contributed by atoms with Crippen molar-refractivity contribution in [2.45, 2.75) is 5.75 Å². The monoisotopic (exact) mass is 365 g/mol. The lowest BCUT2D eigenvalue weighted by Gasteiger charge is -2.07. The van der Waals surface area contributed by atoms with Gasteiger partial charge >= 0.3 is 5.97 Å². The number of carboxylic acids is 1. The number of nitrogens with one attached hydrogen (secondary N) is 1. The summed E-state index contributed by atoms with van der Waals surface area (Å²) in [4.78, 5) is 22.9. The van der Waals surface area contributed by atoms with Crippen molar-refractivity contribution in [2.24, 2.45) is 0 Å². The summed E-state index contributed by atoms with van der Waals surface area (Å²) >= 11 is 4.44. The number of para-hydroxylation sites is 1. The van der Waals surface area contributed by atoms with Gasteiger partial charge in [-0.15, -0.1) is 0 Å². The molecule has 0 bridgehead atoms. The van der Waals surface area contributed by atoms with Crippen molar-refractivity contribution in [3.8, 4) is 0 Å². The molecule has 2 aromatic rings. The van der Waals surface area contributed by atoms with Crippen molar-refractivity contribution < 1.29 is 14.7 Å². The summed E-state index contributed by atoms with van der Waals surface area (Å²) < 4.78 is 0.982. The molecule has 2 rings (SSSR count). The first-order valence-electron chi connectivity index (χ1n) is 6.07. The molecule has 108 valence electrons. The van der Waals surface area contributed by atoms with Crippen LogP contribution in [0.1, 0.15) is 15.9 Å². The fourth-order valence-corrected chi connectivity index (χ4v) is 2.59. The summed E-state index contributed by atoms with van der Waals surface area (Å²) in [6.45, 7) is 0. The second-order valence-corrected chi connectivity index (χ2v) is 6.04. The Morgan fingerprint density at radius 3 is 2.43 bits per heavy atom. The van der Waals surface area contributed by atoms with Crippen molar-refractivity contribution >= 4 is 44.6 Å². The third-order valence-corrected chi connectivity index (χ3v) is 4.05. The maximum Gasteiger partial charge on any atom is 0.337 e. The highest BCUT2D eigenvalue weighted by molar-refractivity contribution is 9.10. The van der Waals surface area contributed by atoms with Crippen LogP contribution in [0, 0.1) is 0 Å². The van der Waals surface area contributed by atoms with Crippen LogP contribution >= 0.6 is 27.7 Å². The Bertz CT molecular complexity index is 658. The number of halogens is 1. The Labute approximate surface area is 134 Å². The second kappa shape index (κ2) is 7.28. The zero-order chi connectivity index (χ0) is 15.2. The van der Waals surface area contributed by atoms with E-state index in [-0.39, 0.29) is 10.8 Å². The zero-order valence-electron chi connectivity index (χ0n) is 10.9. The van der Waals surface area contributed by atoms with Crippen molar-refractivity contribution in [2.75, 3.05) is 5.32 Å². The molecule has 0 radical (unpaired) electrons. The molecule has 0 aliphatic heterocycles. The number of rotatable bonds is 4. The summed E-state index contributed by atoms with van der Waals surface area (Å²) in [5.74, 6) is -0.544. The molecule has 21 heavy (non-hydrogen) atoms. The van der Waals surface area contributed by atoms with Gasteiger partial charge in [0.1, 0.15) is 0 Å². The standard InChI is InChI=1S/C15H12BrNO3S/c16-11-7-5-10(6-8-11)9-21-15(20)17-13-4-2-1-3-12(13)14(18)19/h1-8H,9H2,(H,17,20)(H,18,19). The summed E-state index contributed by atoms with van der Waals surface area (Å²) in [6, 6.07) is 14.0. The molecule has 0 aromatic heterocycles. The van der Waals surface area contributed by atoms with Crippen LogP contribution in [0.15, 0.2) is 53.0 Å². The van der Waals surface area contributed by atoms with Crippen LogP contribution in [0.4, 0.5) is 10.5 Å². The van der Waals surface area contributed by atoms with E-state index in [1.165, 1.54) is 6.07 Å². The van der Waals surface area contributed by atoms with E-state index in [0.717, 1.165) is 21.8 Å². The first-order chi connectivity index (χ1) is 10.1. The van der Waals surface area contributed by atoms with Crippen LogP contribution in [0.5, 0.6) is 0 Å². The second-order valence-electron chi connectivity index (χ2n) is 4.18. The first-order valence-corrected chi connectivity index (χ1v) is 7.84. The van der Waals surface area contributed by atoms with Crippen LogP contribution in [-0.2, 0) is 5.75 Å². The molecular weight excluding hydrogens is 354 g/mol. The molecule has 1 amide bonds. The van der Waals surface area contributed by atoms with Gasteiger partial charge < -0.3 is 10.4 Å². The average molecular weight is 366 g/mol. The molecule has 4 nitrogen and oxygen atoms in total. The SMILES string of the molecule is O=C(Nc1ccccc1C(=O)O)SCc1ccc(Br)cc1. The number of carboxylic acid groups (broad SMARTS) is 1. The lowest BCUT2D eigenvalue weighted by Crippen LogP contribution is -2.10. The number of hydrogen-bond acceptors (Lipinski definition) is 3. The Morgan fingerprint density at radius 1 is 1.10 bits per heavy atom. The van der Waals surface area contributed by atoms with Crippen molar-refractivity contribution in [1.82, 2.24) is 0 Å². The van der Waals surface area contributed by atoms with Crippen LogP contribution in [0.2, 0.25) is 0 Å². The number of amides is 1. The van der Waals surface area contributed by atoms with E-state index in [1.54, 1.807) is 18.2 Å². The van der Waals surface area contributed by atoms with E-state index >= 15 is 0 Å². The predicted octanol–water partition coefficient (Wildman–Crippen LogP) is 4.61. The highest BCUT2D eigenvalue weighted by atomic mass is 79.9. The number of thioether (sulfide) groups is 1. The van der Waals surface area contributed by atoms with Gasteiger partial charge in [-0.1, -0.05) is 52.0 Å². The minimum Gasteiger partial charge on any atom is -0.478 e. The Morgan fingerprint density at radius 2 is 1.76 bits per heavy atom. The predicted molar refractivity (Wildman–Crippen MR) is 87.9 cm³/mol. The molecule has 0 saturated heterocycles. The maximum absolute atomic E-state index is 11.9. The molecule has 2 aromatic carbocycles. The van der Waals surface area contributed by atoms with Crippen molar-refractivity contribution in [3.05, 3.63) is 64.1 Å². The van der Waals surface area contributed by atoms with Gasteiger partial charge in [-0.05, 0) is 29.8 Å². The molecule has 0 atom stereocenters. The molecule has 2 N–H and O–H groups in total. The highest BCUT2D eigenvalue weighted by Crippen LogP contribution is 2.20. The van der Waals surface area contributed by atoms with Crippen molar-refractivity contribution in [3.63, 3.8) is 0 Å². The minimum atomic E-state index is -1.07. The number of anilines is 1. The molecule has 0 unspecified atom stereocenters. The average Bonchev–Trinajstić information content (AvgIpc) is 2.47. The Hall–Kier alpha value is -1.79. The van der Waals surface area contributed by atoms with Gasteiger partial charge in [0.25, 0.3) is 5.24 Å². The van der Waals surface area contributed by atoms with E-state index in [9.17, 15) is 9.59 Å². The van der Waals surface area contributed by atoms with Gasteiger partial charge in [0, 0.05) is 10.2 Å². The fourth-order valence-electron chi connectivity index (χ4n) is 1.65. The molecule has 0 aliphatic carbocycles. The largest absolute Gasteiger partial charge is 0.478 e. The van der Waals surface area contributed by atoms with E-state index in [1.807, 2.05) is 24.3 Å². The molecule has 0 saturated carbocycles. The lowest BCUT2D eigenvalue weighted by molar-refractivity contribution is 0.0698. The van der Waals surface area contributed by atoms with Crippen LogP contribution in [0.3, 0.4) is 0 Å². The summed E-state index contributed by atoms with van der Waals surface area (Å²) in [5.41, 5.74) is 1.40. The van der Waals surface area contributed by atoms with Gasteiger partial charge in [0.05, 0.1) is 11.3 Å². The van der Waals surface area contributed by atoms with E-state index in [4.69, 9.17) is 5.11 Å². The molecule has 0 aliphatic rings. The third kappa shape index (κ3) is 4.61. The number of benzene rings is 2. The molecule has 0 heterocycles. The molecule has 0 spiro atoms. The Balaban J connectivity index is 1.96. The fraction of sp³-hybridized carbons (Fsp3) is 0.0667. The van der Waals surface area contributed by atoms with Gasteiger partial charge in [0.15, 0.2) is 0 Å². The smallest absolute Gasteiger partial charge is 0.337 e.